The SMILES string of the molecule is COc1cc(/C=C/C(=O)OCC(=O)N2CCC[C@@H](C(N)=O)C2)cc(OC)c1OC. The highest BCUT2D eigenvalue weighted by atomic mass is 16.5. The number of carbonyl (C=O) groups excluding carboxylic acids is 3. The third kappa shape index (κ3) is 5.87. The highest BCUT2D eigenvalue weighted by Crippen LogP contribution is 2.38. The van der Waals surface area contributed by atoms with Crippen LogP contribution in [0.2, 0.25) is 0 Å². The molecule has 0 aliphatic carbocycles. The third-order valence-electron chi connectivity index (χ3n) is 4.61. The lowest BCUT2D eigenvalue weighted by Gasteiger charge is -2.30. The zero-order valence-corrected chi connectivity index (χ0v) is 16.8. The van der Waals surface area contributed by atoms with Gasteiger partial charge in [-0.2, -0.15) is 0 Å². The molecule has 1 saturated heterocycles. The fourth-order valence-corrected chi connectivity index (χ4v) is 3.07. The molecule has 1 atom stereocenters. The van der Waals surface area contributed by atoms with Crippen molar-refractivity contribution >= 4 is 23.9 Å². The van der Waals surface area contributed by atoms with Crippen LogP contribution < -0.4 is 19.9 Å². The van der Waals surface area contributed by atoms with E-state index in [4.69, 9.17) is 24.7 Å². The molecule has 0 aromatic heterocycles. The summed E-state index contributed by atoms with van der Waals surface area (Å²) in [6.45, 7) is 0.373. The van der Waals surface area contributed by atoms with E-state index in [9.17, 15) is 14.4 Å². The molecule has 1 aromatic rings. The summed E-state index contributed by atoms with van der Waals surface area (Å²) in [7, 11) is 4.49. The number of esters is 1. The van der Waals surface area contributed by atoms with Crippen molar-refractivity contribution in [2.75, 3.05) is 41.0 Å². The van der Waals surface area contributed by atoms with E-state index >= 15 is 0 Å². The Morgan fingerprint density at radius 2 is 1.79 bits per heavy atom. The van der Waals surface area contributed by atoms with E-state index in [-0.39, 0.29) is 18.4 Å². The van der Waals surface area contributed by atoms with Gasteiger partial charge in [-0.15, -0.1) is 0 Å². The summed E-state index contributed by atoms with van der Waals surface area (Å²) in [6.07, 6.45) is 4.07. The van der Waals surface area contributed by atoms with Crippen molar-refractivity contribution in [3.05, 3.63) is 23.8 Å². The number of ether oxygens (including phenoxy) is 4. The molecule has 9 nitrogen and oxygen atoms in total. The van der Waals surface area contributed by atoms with E-state index < -0.39 is 18.5 Å². The van der Waals surface area contributed by atoms with Crippen LogP contribution in [0.5, 0.6) is 17.2 Å². The van der Waals surface area contributed by atoms with E-state index in [1.807, 2.05) is 0 Å². The fraction of sp³-hybridized carbons (Fsp3) is 0.450. The van der Waals surface area contributed by atoms with Gasteiger partial charge in [-0.3, -0.25) is 9.59 Å². The Bertz CT molecular complexity index is 766. The lowest BCUT2D eigenvalue weighted by molar-refractivity contribution is -0.149. The van der Waals surface area contributed by atoms with Crippen LogP contribution in [-0.2, 0) is 19.1 Å². The summed E-state index contributed by atoms with van der Waals surface area (Å²) < 4.78 is 20.8. The van der Waals surface area contributed by atoms with Gasteiger partial charge in [-0.05, 0) is 36.6 Å². The maximum Gasteiger partial charge on any atom is 0.331 e. The number of likely N-dealkylation sites (tertiary alicyclic amines) is 1. The molecule has 2 rings (SSSR count). The van der Waals surface area contributed by atoms with Gasteiger partial charge in [-0.25, -0.2) is 4.79 Å². The molecule has 0 saturated carbocycles. The molecule has 0 bridgehead atoms. The van der Waals surface area contributed by atoms with Gasteiger partial charge in [0.2, 0.25) is 11.7 Å². The highest BCUT2D eigenvalue weighted by molar-refractivity contribution is 5.89. The number of rotatable bonds is 8. The maximum absolute atomic E-state index is 12.2. The molecule has 9 heteroatoms. The molecule has 1 aromatic carbocycles. The second-order valence-electron chi connectivity index (χ2n) is 6.48. The van der Waals surface area contributed by atoms with Gasteiger partial charge >= 0.3 is 5.97 Å². The van der Waals surface area contributed by atoms with Crippen LogP contribution in [-0.4, -0.2) is 63.7 Å². The van der Waals surface area contributed by atoms with Crippen LogP contribution in [0.1, 0.15) is 18.4 Å². The zero-order chi connectivity index (χ0) is 21.4. The van der Waals surface area contributed by atoms with E-state index in [0.29, 0.717) is 42.2 Å². The average molecular weight is 406 g/mol. The number of hydrogen-bond acceptors (Lipinski definition) is 7. The highest BCUT2D eigenvalue weighted by Gasteiger charge is 2.27. The minimum Gasteiger partial charge on any atom is -0.493 e. The van der Waals surface area contributed by atoms with Crippen molar-refractivity contribution in [3.8, 4) is 17.2 Å². The Labute approximate surface area is 169 Å². The van der Waals surface area contributed by atoms with Crippen LogP contribution in [0.15, 0.2) is 18.2 Å². The first-order chi connectivity index (χ1) is 13.9. The van der Waals surface area contributed by atoms with Crippen LogP contribution >= 0.6 is 0 Å². The number of nitrogens with zero attached hydrogens (tertiary/aromatic N) is 1. The standard InChI is InChI=1S/C20H26N2O7/c1-26-15-9-13(10-16(27-2)19(15)28-3)6-7-18(24)29-12-17(23)22-8-4-5-14(11-22)20(21)25/h6-7,9-10,14H,4-5,8,11-12H2,1-3H3,(H2,21,25)/b7-6+/t14-/m1/s1. The smallest absolute Gasteiger partial charge is 0.331 e. The molecule has 1 aliphatic heterocycles. The fourth-order valence-electron chi connectivity index (χ4n) is 3.07. The number of primary amides is 1. The lowest BCUT2D eigenvalue weighted by Crippen LogP contribution is -2.45. The molecule has 2 N–H and O–H groups in total. The minimum atomic E-state index is -0.671. The number of carbonyl (C=O) groups is 3. The molecular weight excluding hydrogens is 380 g/mol. The van der Waals surface area contributed by atoms with Gasteiger partial charge in [0.25, 0.3) is 5.91 Å². The molecule has 2 amide bonds. The Morgan fingerprint density at radius 3 is 2.34 bits per heavy atom. The number of benzene rings is 1. The van der Waals surface area contributed by atoms with Crippen molar-refractivity contribution in [3.63, 3.8) is 0 Å². The quantitative estimate of drug-likeness (QED) is 0.505. The third-order valence-corrected chi connectivity index (χ3v) is 4.61. The maximum atomic E-state index is 12.2. The van der Waals surface area contributed by atoms with Gasteiger partial charge in [0, 0.05) is 19.2 Å². The average Bonchev–Trinajstić information content (AvgIpc) is 2.74. The second kappa shape index (κ2) is 10.4. The molecule has 29 heavy (non-hydrogen) atoms. The first-order valence-electron chi connectivity index (χ1n) is 9.11. The van der Waals surface area contributed by atoms with Crippen LogP contribution in [0.25, 0.3) is 6.08 Å². The number of nitrogens with two attached hydrogens (primary N) is 1. The van der Waals surface area contributed by atoms with Crippen molar-refractivity contribution in [2.24, 2.45) is 11.7 Å². The van der Waals surface area contributed by atoms with Crippen molar-refractivity contribution in [1.82, 2.24) is 4.90 Å². The summed E-state index contributed by atoms with van der Waals surface area (Å²) in [6, 6.07) is 3.35. The van der Waals surface area contributed by atoms with Gasteiger partial charge in [0.15, 0.2) is 18.1 Å². The van der Waals surface area contributed by atoms with Gasteiger partial charge < -0.3 is 29.6 Å². The minimum absolute atomic E-state index is 0.257. The Balaban J connectivity index is 1.94. The van der Waals surface area contributed by atoms with Gasteiger partial charge in [0.05, 0.1) is 27.2 Å². The lowest BCUT2D eigenvalue weighted by atomic mass is 9.97. The molecule has 1 fully saturated rings. The van der Waals surface area contributed by atoms with Crippen molar-refractivity contribution < 1.29 is 33.3 Å². The molecule has 1 aliphatic rings. The molecule has 0 radical (unpaired) electrons. The van der Waals surface area contributed by atoms with Crippen LogP contribution in [0.4, 0.5) is 0 Å². The van der Waals surface area contributed by atoms with Crippen LogP contribution in [0, 0.1) is 5.92 Å². The predicted molar refractivity (Wildman–Crippen MR) is 105 cm³/mol. The first-order valence-corrected chi connectivity index (χ1v) is 9.11. The van der Waals surface area contributed by atoms with Crippen molar-refractivity contribution in [2.45, 2.75) is 12.8 Å². The number of piperidine rings is 1. The Morgan fingerprint density at radius 1 is 1.14 bits per heavy atom. The Hall–Kier alpha value is -3.23. The topological polar surface area (TPSA) is 117 Å². The van der Waals surface area contributed by atoms with Crippen LogP contribution in [0.3, 0.4) is 0 Å². The first kappa shape index (κ1) is 22.1. The van der Waals surface area contributed by atoms with E-state index in [2.05, 4.69) is 0 Å². The van der Waals surface area contributed by atoms with Gasteiger partial charge in [0.1, 0.15) is 0 Å². The van der Waals surface area contributed by atoms with E-state index in [1.54, 1.807) is 12.1 Å². The number of amides is 2. The summed E-state index contributed by atoms with van der Waals surface area (Å²) in [5.74, 6) is -0.471. The molecule has 158 valence electrons. The van der Waals surface area contributed by atoms with Crippen molar-refractivity contribution in [1.29, 1.82) is 0 Å². The van der Waals surface area contributed by atoms with Gasteiger partial charge in [-0.1, -0.05) is 0 Å². The second-order valence-corrected chi connectivity index (χ2v) is 6.48. The number of hydrogen-bond donors (Lipinski definition) is 1. The molecule has 0 unspecified atom stereocenters. The van der Waals surface area contributed by atoms with E-state index in [0.717, 1.165) is 0 Å². The summed E-state index contributed by atoms with van der Waals surface area (Å²) in [5.41, 5.74) is 5.94. The molecule has 1 heterocycles. The number of methoxy groups -OCH3 is 3. The summed E-state index contributed by atoms with van der Waals surface area (Å²) >= 11 is 0. The zero-order valence-electron chi connectivity index (χ0n) is 16.8. The summed E-state index contributed by atoms with van der Waals surface area (Å²) in [5, 5.41) is 0. The normalized spacial score (nSPS) is 16.4. The molecular formula is C20H26N2O7. The monoisotopic (exact) mass is 406 g/mol. The van der Waals surface area contributed by atoms with E-state index in [1.165, 1.54) is 38.4 Å². The Kier molecular flexibility index (Phi) is 7.88. The molecule has 0 spiro atoms. The largest absolute Gasteiger partial charge is 0.493 e. The summed E-state index contributed by atoms with van der Waals surface area (Å²) in [4.78, 5) is 37.0. The predicted octanol–water partition coefficient (Wildman–Crippen LogP) is 0.993.